The van der Waals surface area contributed by atoms with Crippen LogP contribution in [0.1, 0.15) is 29.9 Å². The minimum Gasteiger partial charge on any atom is -0.480 e. The molecule has 1 rings (SSSR count). The molecule has 0 aliphatic carbocycles. The number of methoxy groups -OCH3 is 1. The lowest BCUT2D eigenvalue weighted by molar-refractivity contribution is -0.143. The lowest BCUT2D eigenvalue weighted by Gasteiger charge is -2.13. The van der Waals surface area contributed by atoms with Crippen molar-refractivity contribution < 1.29 is 14.6 Å². The van der Waals surface area contributed by atoms with Crippen molar-refractivity contribution in [3.05, 3.63) is 17.0 Å². The Morgan fingerprint density at radius 2 is 2.19 bits per heavy atom. The number of hydrogen-bond acceptors (Lipinski definition) is 3. The normalized spacial score (nSPS) is 12.8. The number of ether oxygens (including phenoxy) is 1. The average molecular weight is 226 g/mol. The number of aromatic nitrogens is 2. The van der Waals surface area contributed by atoms with Crippen molar-refractivity contribution in [2.24, 2.45) is 0 Å². The van der Waals surface area contributed by atoms with Gasteiger partial charge in [0, 0.05) is 12.8 Å². The van der Waals surface area contributed by atoms with Gasteiger partial charge >= 0.3 is 5.97 Å². The number of hydrogen-bond donors (Lipinski definition) is 1. The Labute approximate surface area is 95.0 Å². The monoisotopic (exact) mass is 226 g/mol. The Hall–Kier alpha value is -1.36. The molecule has 90 valence electrons. The molecule has 0 aliphatic rings. The quantitative estimate of drug-likeness (QED) is 0.822. The first-order valence-corrected chi connectivity index (χ1v) is 5.29. The minimum absolute atomic E-state index is 0.125. The molecule has 0 aliphatic heterocycles. The SMILES string of the molecule is CCc1c(C)nn(C(COC)C(=O)O)c1C. The van der Waals surface area contributed by atoms with Gasteiger partial charge < -0.3 is 9.84 Å². The third kappa shape index (κ3) is 2.24. The fourth-order valence-corrected chi connectivity index (χ4v) is 1.92. The van der Waals surface area contributed by atoms with Gasteiger partial charge in [0.2, 0.25) is 0 Å². The van der Waals surface area contributed by atoms with Gasteiger partial charge in [0.05, 0.1) is 12.3 Å². The van der Waals surface area contributed by atoms with E-state index in [0.29, 0.717) is 0 Å². The molecular formula is C11H18N2O3. The first-order valence-electron chi connectivity index (χ1n) is 5.29. The molecule has 0 spiro atoms. The second-order valence-corrected chi connectivity index (χ2v) is 3.76. The number of nitrogens with zero attached hydrogens (tertiary/aromatic N) is 2. The van der Waals surface area contributed by atoms with E-state index in [1.54, 1.807) is 4.68 Å². The van der Waals surface area contributed by atoms with Crippen LogP contribution in [0.3, 0.4) is 0 Å². The highest BCUT2D eigenvalue weighted by Gasteiger charge is 2.24. The van der Waals surface area contributed by atoms with E-state index in [0.717, 1.165) is 23.4 Å². The molecule has 1 aromatic heterocycles. The molecule has 0 radical (unpaired) electrons. The topological polar surface area (TPSA) is 64.4 Å². The summed E-state index contributed by atoms with van der Waals surface area (Å²) in [6.45, 7) is 5.95. The van der Waals surface area contributed by atoms with E-state index in [2.05, 4.69) is 5.10 Å². The van der Waals surface area contributed by atoms with Crippen LogP contribution in [0.5, 0.6) is 0 Å². The Morgan fingerprint density at radius 3 is 2.56 bits per heavy atom. The lowest BCUT2D eigenvalue weighted by atomic mass is 10.1. The first kappa shape index (κ1) is 12.7. The highest BCUT2D eigenvalue weighted by Crippen LogP contribution is 2.18. The smallest absolute Gasteiger partial charge is 0.330 e. The molecule has 1 atom stereocenters. The third-order valence-corrected chi connectivity index (χ3v) is 2.73. The Kier molecular flexibility index (Phi) is 4.06. The number of carbonyl (C=O) groups is 1. The van der Waals surface area contributed by atoms with Gasteiger partial charge in [0.15, 0.2) is 6.04 Å². The van der Waals surface area contributed by atoms with Crippen LogP contribution in [0.2, 0.25) is 0 Å². The van der Waals surface area contributed by atoms with Crippen molar-refractivity contribution in [1.82, 2.24) is 9.78 Å². The molecule has 0 amide bonds. The van der Waals surface area contributed by atoms with Crippen LogP contribution in [-0.4, -0.2) is 34.6 Å². The average Bonchev–Trinajstić information content (AvgIpc) is 2.50. The fraction of sp³-hybridized carbons (Fsp3) is 0.636. The molecule has 1 unspecified atom stereocenters. The van der Waals surface area contributed by atoms with Crippen LogP contribution in [0, 0.1) is 13.8 Å². The predicted octanol–water partition coefficient (Wildman–Crippen LogP) is 1.33. The minimum atomic E-state index is -0.921. The molecule has 1 aromatic rings. The third-order valence-electron chi connectivity index (χ3n) is 2.73. The maximum absolute atomic E-state index is 11.1. The molecule has 5 nitrogen and oxygen atoms in total. The summed E-state index contributed by atoms with van der Waals surface area (Å²) in [6, 6.07) is -0.746. The van der Waals surface area contributed by atoms with Crippen molar-refractivity contribution >= 4 is 5.97 Å². The summed E-state index contributed by atoms with van der Waals surface area (Å²) in [4.78, 5) is 11.1. The molecule has 16 heavy (non-hydrogen) atoms. The standard InChI is InChI=1S/C11H18N2O3/c1-5-9-7(2)12-13(8(9)3)10(6-16-4)11(14)15/h10H,5-6H2,1-4H3,(H,14,15). The number of aryl methyl sites for hydroxylation is 1. The van der Waals surface area contributed by atoms with Crippen LogP contribution in [0.15, 0.2) is 0 Å². The molecule has 1 N–H and O–H groups in total. The molecular weight excluding hydrogens is 208 g/mol. The predicted molar refractivity (Wildman–Crippen MR) is 59.6 cm³/mol. The van der Waals surface area contributed by atoms with E-state index in [-0.39, 0.29) is 6.61 Å². The van der Waals surface area contributed by atoms with Gasteiger partial charge in [0.1, 0.15) is 0 Å². The van der Waals surface area contributed by atoms with Gasteiger partial charge in [-0.2, -0.15) is 5.10 Å². The summed E-state index contributed by atoms with van der Waals surface area (Å²) in [5, 5.41) is 13.4. The van der Waals surface area contributed by atoms with Gasteiger partial charge in [-0.1, -0.05) is 6.92 Å². The number of carboxylic acids is 1. The van der Waals surface area contributed by atoms with E-state index in [1.165, 1.54) is 7.11 Å². The van der Waals surface area contributed by atoms with Crippen LogP contribution < -0.4 is 0 Å². The summed E-state index contributed by atoms with van der Waals surface area (Å²) in [5.41, 5.74) is 2.91. The maximum Gasteiger partial charge on any atom is 0.330 e. The molecule has 0 saturated heterocycles. The maximum atomic E-state index is 11.1. The number of rotatable bonds is 5. The van der Waals surface area contributed by atoms with E-state index >= 15 is 0 Å². The van der Waals surface area contributed by atoms with Gasteiger partial charge in [-0.15, -0.1) is 0 Å². The van der Waals surface area contributed by atoms with Crippen molar-refractivity contribution in [3.8, 4) is 0 Å². The second kappa shape index (κ2) is 5.12. The van der Waals surface area contributed by atoms with E-state index in [1.807, 2.05) is 20.8 Å². The zero-order valence-electron chi connectivity index (χ0n) is 10.1. The molecule has 5 heteroatoms. The van der Waals surface area contributed by atoms with Crippen LogP contribution in [-0.2, 0) is 16.0 Å². The second-order valence-electron chi connectivity index (χ2n) is 3.76. The van der Waals surface area contributed by atoms with Gasteiger partial charge in [-0.05, 0) is 25.8 Å². The van der Waals surface area contributed by atoms with Crippen molar-refractivity contribution in [1.29, 1.82) is 0 Å². The highest BCUT2D eigenvalue weighted by molar-refractivity contribution is 5.72. The van der Waals surface area contributed by atoms with E-state index in [4.69, 9.17) is 9.84 Å². The van der Waals surface area contributed by atoms with E-state index < -0.39 is 12.0 Å². The summed E-state index contributed by atoms with van der Waals surface area (Å²) in [5.74, 6) is -0.921. The summed E-state index contributed by atoms with van der Waals surface area (Å²) in [7, 11) is 1.49. The summed E-state index contributed by atoms with van der Waals surface area (Å²) >= 11 is 0. The fourth-order valence-electron chi connectivity index (χ4n) is 1.92. The van der Waals surface area contributed by atoms with Crippen molar-refractivity contribution in [2.45, 2.75) is 33.2 Å². The van der Waals surface area contributed by atoms with Crippen LogP contribution in [0.4, 0.5) is 0 Å². The summed E-state index contributed by atoms with van der Waals surface area (Å²) in [6.07, 6.45) is 0.858. The largest absolute Gasteiger partial charge is 0.480 e. The highest BCUT2D eigenvalue weighted by atomic mass is 16.5. The lowest BCUT2D eigenvalue weighted by Crippen LogP contribution is -2.25. The van der Waals surface area contributed by atoms with E-state index in [9.17, 15) is 4.79 Å². The molecule has 0 saturated carbocycles. The Bertz CT molecular complexity index is 385. The zero-order valence-corrected chi connectivity index (χ0v) is 10.1. The number of aliphatic carboxylic acids is 1. The van der Waals surface area contributed by atoms with Crippen LogP contribution >= 0.6 is 0 Å². The molecule has 0 fully saturated rings. The molecule has 0 bridgehead atoms. The van der Waals surface area contributed by atoms with Gasteiger partial charge in [-0.25, -0.2) is 4.79 Å². The van der Waals surface area contributed by atoms with Crippen molar-refractivity contribution in [2.75, 3.05) is 13.7 Å². The molecule has 0 aromatic carbocycles. The Balaban J connectivity index is 3.14. The van der Waals surface area contributed by atoms with Gasteiger partial charge in [-0.3, -0.25) is 4.68 Å². The van der Waals surface area contributed by atoms with Gasteiger partial charge in [0.25, 0.3) is 0 Å². The molecule has 1 heterocycles. The van der Waals surface area contributed by atoms with Crippen LogP contribution in [0.25, 0.3) is 0 Å². The first-order chi connectivity index (χ1) is 7.52. The summed E-state index contributed by atoms with van der Waals surface area (Å²) < 4.78 is 6.46. The zero-order chi connectivity index (χ0) is 12.3. The van der Waals surface area contributed by atoms with Crippen molar-refractivity contribution in [3.63, 3.8) is 0 Å². The number of carboxylic acid groups (broad SMARTS) is 1. The Morgan fingerprint density at radius 1 is 1.56 bits per heavy atom.